The molecule has 18 heavy (non-hydrogen) atoms. The highest BCUT2D eigenvalue weighted by atomic mass is 15.1. The molecular formula is C16H28N2. The molecule has 0 saturated carbocycles. The molecule has 0 aliphatic carbocycles. The maximum atomic E-state index is 5.91. The lowest BCUT2D eigenvalue weighted by Crippen LogP contribution is -2.31. The summed E-state index contributed by atoms with van der Waals surface area (Å²) in [5, 5.41) is 0. The first-order valence-electron chi connectivity index (χ1n) is 6.97. The monoisotopic (exact) mass is 248 g/mol. The number of nitrogens with zero attached hydrogens (tertiary/aromatic N) is 1. The van der Waals surface area contributed by atoms with Gasteiger partial charge in [-0.05, 0) is 43.6 Å². The Morgan fingerprint density at radius 2 is 1.56 bits per heavy atom. The van der Waals surface area contributed by atoms with Crippen molar-refractivity contribution >= 4 is 0 Å². The fourth-order valence-electron chi connectivity index (χ4n) is 2.59. The minimum absolute atomic E-state index is 0.418. The SMILES string of the molecule is CCC(CN)C(c1ccc(C(C)C)cc1)N(C)C. The van der Waals surface area contributed by atoms with Gasteiger partial charge in [0.2, 0.25) is 0 Å². The molecule has 1 aromatic carbocycles. The van der Waals surface area contributed by atoms with E-state index in [-0.39, 0.29) is 0 Å². The number of benzene rings is 1. The lowest BCUT2D eigenvalue weighted by Gasteiger charge is -2.31. The van der Waals surface area contributed by atoms with E-state index in [1.165, 1.54) is 11.1 Å². The van der Waals surface area contributed by atoms with E-state index >= 15 is 0 Å². The summed E-state index contributed by atoms with van der Waals surface area (Å²) in [7, 11) is 4.28. The van der Waals surface area contributed by atoms with Crippen molar-refractivity contribution in [1.29, 1.82) is 0 Å². The van der Waals surface area contributed by atoms with Gasteiger partial charge in [0.25, 0.3) is 0 Å². The first kappa shape index (κ1) is 15.2. The van der Waals surface area contributed by atoms with Crippen LogP contribution in [0, 0.1) is 5.92 Å². The van der Waals surface area contributed by atoms with Gasteiger partial charge in [-0.2, -0.15) is 0 Å². The van der Waals surface area contributed by atoms with Crippen LogP contribution >= 0.6 is 0 Å². The lowest BCUT2D eigenvalue weighted by molar-refractivity contribution is 0.211. The molecule has 0 saturated heterocycles. The average Bonchev–Trinajstić information content (AvgIpc) is 2.35. The van der Waals surface area contributed by atoms with Gasteiger partial charge in [-0.15, -0.1) is 0 Å². The van der Waals surface area contributed by atoms with E-state index in [1.54, 1.807) is 0 Å². The van der Waals surface area contributed by atoms with E-state index in [9.17, 15) is 0 Å². The van der Waals surface area contributed by atoms with Crippen molar-refractivity contribution in [1.82, 2.24) is 4.90 Å². The summed E-state index contributed by atoms with van der Waals surface area (Å²) in [6.07, 6.45) is 1.12. The second-order valence-electron chi connectivity index (χ2n) is 5.63. The lowest BCUT2D eigenvalue weighted by atomic mass is 9.89. The molecule has 0 fully saturated rings. The topological polar surface area (TPSA) is 29.3 Å². The van der Waals surface area contributed by atoms with E-state index in [0.29, 0.717) is 17.9 Å². The first-order valence-corrected chi connectivity index (χ1v) is 6.97. The van der Waals surface area contributed by atoms with Gasteiger partial charge in [-0.25, -0.2) is 0 Å². The fraction of sp³-hybridized carbons (Fsp3) is 0.625. The van der Waals surface area contributed by atoms with E-state index in [4.69, 9.17) is 5.73 Å². The Labute approximate surface area is 112 Å². The van der Waals surface area contributed by atoms with Crippen LogP contribution in [0.2, 0.25) is 0 Å². The third kappa shape index (κ3) is 3.56. The number of hydrogen-bond acceptors (Lipinski definition) is 2. The summed E-state index contributed by atoms with van der Waals surface area (Å²) in [6, 6.07) is 9.44. The van der Waals surface area contributed by atoms with Crippen molar-refractivity contribution in [3.63, 3.8) is 0 Å². The van der Waals surface area contributed by atoms with Gasteiger partial charge in [0.15, 0.2) is 0 Å². The molecule has 0 bridgehead atoms. The van der Waals surface area contributed by atoms with Crippen LogP contribution in [0.5, 0.6) is 0 Å². The summed E-state index contributed by atoms with van der Waals surface area (Å²) < 4.78 is 0. The average molecular weight is 248 g/mol. The van der Waals surface area contributed by atoms with Gasteiger partial charge < -0.3 is 10.6 Å². The number of hydrogen-bond donors (Lipinski definition) is 1. The third-order valence-electron chi connectivity index (χ3n) is 3.77. The Morgan fingerprint density at radius 3 is 1.89 bits per heavy atom. The smallest absolute Gasteiger partial charge is 0.0382 e. The van der Waals surface area contributed by atoms with Gasteiger partial charge in [0.1, 0.15) is 0 Å². The predicted molar refractivity (Wildman–Crippen MR) is 79.8 cm³/mol. The van der Waals surface area contributed by atoms with Crippen molar-refractivity contribution in [2.45, 2.75) is 39.2 Å². The molecule has 2 unspecified atom stereocenters. The van der Waals surface area contributed by atoms with Crippen molar-refractivity contribution in [2.75, 3.05) is 20.6 Å². The Morgan fingerprint density at radius 1 is 1.06 bits per heavy atom. The van der Waals surface area contributed by atoms with E-state index < -0.39 is 0 Å². The first-order chi connectivity index (χ1) is 8.51. The highest BCUT2D eigenvalue weighted by Crippen LogP contribution is 2.29. The van der Waals surface area contributed by atoms with Crippen molar-refractivity contribution in [3.8, 4) is 0 Å². The van der Waals surface area contributed by atoms with E-state index in [1.807, 2.05) is 0 Å². The number of nitrogens with two attached hydrogens (primary N) is 1. The van der Waals surface area contributed by atoms with Gasteiger partial charge in [0.05, 0.1) is 0 Å². The summed E-state index contributed by atoms with van der Waals surface area (Å²) in [5.74, 6) is 1.11. The molecule has 102 valence electrons. The standard InChI is InChI=1S/C16H28N2/c1-6-13(11-17)16(18(4)5)15-9-7-14(8-10-15)12(2)3/h7-10,12-13,16H,6,11,17H2,1-5H3. The van der Waals surface area contributed by atoms with Crippen LogP contribution in [0.15, 0.2) is 24.3 Å². The largest absolute Gasteiger partial charge is 0.330 e. The minimum Gasteiger partial charge on any atom is -0.330 e. The minimum atomic E-state index is 0.418. The Kier molecular flexibility index (Phi) is 5.83. The van der Waals surface area contributed by atoms with Crippen molar-refractivity contribution < 1.29 is 0 Å². The molecule has 0 aliphatic rings. The van der Waals surface area contributed by atoms with Crippen molar-refractivity contribution in [3.05, 3.63) is 35.4 Å². The summed E-state index contributed by atoms with van der Waals surface area (Å²) in [6.45, 7) is 7.42. The van der Waals surface area contributed by atoms with E-state index in [2.05, 4.69) is 64.0 Å². The number of rotatable bonds is 6. The molecule has 0 heterocycles. The van der Waals surface area contributed by atoms with Crippen LogP contribution in [0.1, 0.15) is 50.3 Å². The third-order valence-corrected chi connectivity index (χ3v) is 3.77. The van der Waals surface area contributed by atoms with Gasteiger partial charge >= 0.3 is 0 Å². The predicted octanol–water partition coefficient (Wildman–Crippen LogP) is 3.40. The molecule has 0 aromatic heterocycles. The quantitative estimate of drug-likeness (QED) is 0.836. The maximum Gasteiger partial charge on any atom is 0.0382 e. The van der Waals surface area contributed by atoms with Crippen LogP contribution in [0.3, 0.4) is 0 Å². The van der Waals surface area contributed by atoms with Crippen LogP contribution in [-0.2, 0) is 0 Å². The highest BCUT2D eigenvalue weighted by Gasteiger charge is 2.22. The normalized spacial score (nSPS) is 15.1. The molecule has 0 aliphatic heterocycles. The van der Waals surface area contributed by atoms with Gasteiger partial charge in [0, 0.05) is 6.04 Å². The zero-order chi connectivity index (χ0) is 13.7. The molecule has 0 spiro atoms. The van der Waals surface area contributed by atoms with Crippen LogP contribution in [0.25, 0.3) is 0 Å². The van der Waals surface area contributed by atoms with Crippen LogP contribution in [-0.4, -0.2) is 25.5 Å². The van der Waals surface area contributed by atoms with Crippen molar-refractivity contribution in [2.24, 2.45) is 11.7 Å². The molecule has 0 radical (unpaired) electrons. The Hall–Kier alpha value is -0.860. The Bertz CT molecular complexity index is 337. The molecule has 1 rings (SSSR count). The fourth-order valence-corrected chi connectivity index (χ4v) is 2.59. The summed E-state index contributed by atoms with van der Waals surface area (Å²) >= 11 is 0. The Balaban J connectivity index is 2.99. The van der Waals surface area contributed by atoms with Crippen LogP contribution in [0.4, 0.5) is 0 Å². The molecule has 0 amide bonds. The maximum absolute atomic E-state index is 5.91. The zero-order valence-corrected chi connectivity index (χ0v) is 12.5. The molecular weight excluding hydrogens is 220 g/mol. The molecule has 2 heteroatoms. The van der Waals surface area contributed by atoms with Gasteiger partial charge in [-0.3, -0.25) is 0 Å². The second-order valence-corrected chi connectivity index (χ2v) is 5.63. The molecule has 1 aromatic rings. The second kappa shape index (κ2) is 6.91. The molecule has 2 atom stereocenters. The molecule has 2 nitrogen and oxygen atoms in total. The summed E-state index contributed by atoms with van der Waals surface area (Å²) in [5.41, 5.74) is 8.69. The molecule has 2 N–H and O–H groups in total. The summed E-state index contributed by atoms with van der Waals surface area (Å²) in [4.78, 5) is 2.28. The zero-order valence-electron chi connectivity index (χ0n) is 12.5. The van der Waals surface area contributed by atoms with Crippen LogP contribution < -0.4 is 5.73 Å². The highest BCUT2D eigenvalue weighted by molar-refractivity contribution is 5.27. The van der Waals surface area contributed by atoms with Gasteiger partial charge in [-0.1, -0.05) is 51.5 Å². The van der Waals surface area contributed by atoms with E-state index in [0.717, 1.165) is 13.0 Å².